The predicted molar refractivity (Wildman–Crippen MR) is 72.0 cm³/mol. The third-order valence-electron chi connectivity index (χ3n) is 3.13. The average Bonchev–Trinajstić information content (AvgIpc) is 2.37. The van der Waals surface area contributed by atoms with Crippen LogP contribution in [0.5, 0.6) is 0 Å². The van der Waals surface area contributed by atoms with Crippen molar-refractivity contribution in [2.45, 2.75) is 32.6 Å². The number of nitrogens with two attached hydrogens (primary N) is 1. The monoisotopic (exact) mass is 264 g/mol. The summed E-state index contributed by atoms with van der Waals surface area (Å²) < 4.78 is 5.71. The SMILES string of the molecule is CC1CN(Cc2cccnc2/C(N)=N/O)CC(C)O1. The van der Waals surface area contributed by atoms with Gasteiger partial charge >= 0.3 is 0 Å². The number of hydrogen-bond donors (Lipinski definition) is 2. The second-order valence-corrected chi connectivity index (χ2v) is 4.95. The van der Waals surface area contributed by atoms with E-state index in [0.717, 1.165) is 25.2 Å². The van der Waals surface area contributed by atoms with E-state index < -0.39 is 0 Å². The molecule has 0 spiro atoms. The summed E-state index contributed by atoms with van der Waals surface area (Å²) in [5.41, 5.74) is 7.15. The fraction of sp³-hybridized carbons (Fsp3) is 0.538. The lowest BCUT2D eigenvalue weighted by Gasteiger charge is -2.35. The van der Waals surface area contributed by atoms with Crippen molar-refractivity contribution >= 4 is 5.84 Å². The van der Waals surface area contributed by atoms with Gasteiger partial charge in [-0.15, -0.1) is 0 Å². The summed E-state index contributed by atoms with van der Waals surface area (Å²) >= 11 is 0. The molecule has 104 valence electrons. The Bertz CT molecular complexity index is 454. The molecule has 2 atom stereocenters. The Morgan fingerprint density at radius 3 is 2.84 bits per heavy atom. The molecule has 19 heavy (non-hydrogen) atoms. The van der Waals surface area contributed by atoms with Crippen molar-refractivity contribution in [3.63, 3.8) is 0 Å². The molecule has 0 aliphatic carbocycles. The zero-order valence-electron chi connectivity index (χ0n) is 11.3. The molecule has 1 aliphatic rings. The molecule has 1 aliphatic heterocycles. The average molecular weight is 264 g/mol. The molecule has 2 unspecified atom stereocenters. The first kappa shape index (κ1) is 13.8. The van der Waals surface area contributed by atoms with E-state index in [0.29, 0.717) is 5.69 Å². The molecule has 1 aromatic rings. The van der Waals surface area contributed by atoms with E-state index in [2.05, 4.69) is 28.9 Å². The molecule has 0 radical (unpaired) electrons. The third kappa shape index (κ3) is 3.42. The van der Waals surface area contributed by atoms with Gasteiger partial charge in [-0.3, -0.25) is 9.88 Å². The maximum absolute atomic E-state index is 8.79. The second kappa shape index (κ2) is 5.99. The number of hydrogen-bond acceptors (Lipinski definition) is 5. The number of rotatable bonds is 3. The van der Waals surface area contributed by atoms with E-state index in [1.807, 2.05) is 12.1 Å². The largest absolute Gasteiger partial charge is 0.409 e. The van der Waals surface area contributed by atoms with Crippen LogP contribution in [-0.2, 0) is 11.3 Å². The summed E-state index contributed by atoms with van der Waals surface area (Å²) in [5.74, 6) is 0.0463. The van der Waals surface area contributed by atoms with Crippen LogP contribution in [0.25, 0.3) is 0 Å². The van der Waals surface area contributed by atoms with E-state index in [4.69, 9.17) is 15.7 Å². The number of amidine groups is 1. The smallest absolute Gasteiger partial charge is 0.189 e. The van der Waals surface area contributed by atoms with E-state index in [1.165, 1.54) is 0 Å². The number of aromatic nitrogens is 1. The van der Waals surface area contributed by atoms with Crippen molar-refractivity contribution in [1.29, 1.82) is 0 Å². The molecule has 1 aromatic heterocycles. The molecular formula is C13H20N4O2. The quantitative estimate of drug-likeness (QED) is 0.365. The van der Waals surface area contributed by atoms with Crippen LogP contribution >= 0.6 is 0 Å². The first-order valence-corrected chi connectivity index (χ1v) is 6.39. The lowest BCUT2D eigenvalue weighted by Crippen LogP contribution is -2.45. The van der Waals surface area contributed by atoms with Gasteiger partial charge in [0.2, 0.25) is 0 Å². The molecule has 6 heteroatoms. The van der Waals surface area contributed by atoms with Gasteiger partial charge in [-0.25, -0.2) is 0 Å². The lowest BCUT2D eigenvalue weighted by atomic mass is 10.1. The molecule has 3 N–H and O–H groups in total. The Balaban J connectivity index is 2.15. The predicted octanol–water partition coefficient (Wildman–Crippen LogP) is 0.785. The maximum Gasteiger partial charge on any atom is 0.189 e. The number of pyridine rings is 1. The van der Waals surface area contributed by atoms with Crippen molar-refractivity contribution in [2.24, 2.45) is 10.9 Å². The summed E-state index contributed by atoms with van der Waals surface area (Å²) in [4.78, 5) is 6.47. The standard InChI is InChI=1S/C13H20N4O2/c1-9-6-17(7-10(2)19-9)8-11-4-3-5-15-12(11)13(14)16-18/h3-5,9-10,18H,6-8H2,1-2H3,(H2,14,16). The van der Waals surface area contributed by atoms with Crippen LogP contribution in [-0.4, -0.2) is 46.2 Å². The molecule has 1 saturated heterocycles. The van der Waals surface area contributed by atoms with Crippen LogP contribution in [0.3, 0.4) is 0 Å². The van der Waals surface area contributed by atoms with Crippen molar-refractivity contribution in [3.8, 4) is 0 Å². The first-order chi connectivity index (χ1) is 9.10. The normalized spacial score (nSPS) is 25.5. The lowest BCUT2D eigenvalue weighted by molar-refractivity contribution is -0.0705. The van der Waals surface area contributed by atoms with Gasteiger partial charge in [0, 0.05) is 25.8 Å². The summed E-state index contributed by atoms with van der Waals surface area (Å²) in [6.45, 7) is 6.59. The van der Waals surface area contributed by atoms with Gasteiger partial charge in [0.25, 0.3) is 0 Å². The van der Waals surface area contributed by atoms with Gasteiger partial charge in [-0.05, 0) is 25.5 Å². The van der Waals surface area contributed by atoms with Gasteiger partial charge in [0.05, 0.1) is 12.2 Å². The van der Waals surface area contributed by atoms with E-state index in [1.54, 1.807) is 6.20 Å². The third-order valence-corrected chi connectivity index (χ3v) is 3.13. The zero-order chi connectivity index (χ0) is 13.8. The Morgan fingerprint density at radius 1 is 1.53 bits per heavy atom. The Hall–Kier alpha value is -1.66. The molecule has 0 saturated carbocycles. The van der Waals surface area contributed by atoms with Gasteiger partial charge < -0.3 is 15.7 Å². The minimum absolute atomic E-state index is 0.0463. The van der Waals surface area contributed by atoms with Crippen LogP contribution in [0.4, 0.5) is 0 Å². The number of oxime groups is 1. The Morgan fingerprint density at radius 2 is 2.21 bits per heavy atom. The fourth-order valence-electron chi connectivity index (χ4n) is 2.50. The summed E-state index contributed by atoms with van der Waals surface area (Å²) in [7, 11) is 0. The molecule has 6 nitrogen and oxygen atoms in total. The zero-order valence-corrected chi connectivity index (χ0v) is 11.3. The Kier molecular flexibility index (Phi) is 4.34. The minimum atomic E-state index is 0.0463. The summed E-state index contributed by atoms with van der Waals surface area (Å²) in [5, 5.41) is 11.8. The van der Waals surface area contributed by atoms with Gasteiger partial charge in [0.1, 0.15) is 5.69 Å². The van der Waals surface area contributed by atoms with Gasteiger partial charge in [-0.2, -0.15) is 0 Å². The van der Waals surface area contributed by atoms with Crippen molar-refractivity contribution in [2.75, 3.05) is 13.1 Å². The van der Waals surface area contributed by atoms with Crippen LogP contribution in [0.15, 0.2) is 23.5 Å². The van der Waals surface area contributed by atoms with Gasteiger partial charge in [0.15, 0.2) is 5.84 Å². The van der Waals surface area contributed by atoms with Gasteiger partial charge in [-0.1, -0.05) is 11.2 Å². The highest BCUT2D eigenvalue weighted by molar-refractivity contribution is 5.96. The summed E-state index contributed by atoms with van der Waals surface area (Å²) in [6, 6.07) is 3.81. The van der Waals surface area contributed by atoms with Crippen molar-refractivity contribution < 1.29 is 9.94 Å². The highest BCUT2D eigenvalue weighted by atomic mass is 16.5. The number of ether oxygens (including phenoxy) is 1. The summed E-state index contributed by atoms with van der Waals surface area (Å²) in [6.07, 6.45) is 2.07. The number of nitrogens with zero attached hydrogens (tertiary/aromatic N) is 3. The minimum Gasteiger partial charge on any atom is -0.409 e. The second-order valence-electron chi connectivity index (χ2n) is 4.95. The molecule has 0 bridgehead atoms. The van der Waals surface area contributed by atoms with Crippen LogP contribution in [0.1, 0.15) is 25.1 Å². The van der Waals surface area contributed by atoms with Crippen molar-refractivity contribution in [3.05, 3.63) is 29.6 Å². The van der Waals surface area contributed by atoms with E-state index in [9.17, 15) is 0 Å². The Labute approximate surface area is 112 Å². The van der Waals surface area contributed by atoms with E-state index >= 15 is 0 Å². The highest BCUT2D eigenvalue weighted by Gasteiger charge is 2.23. The molecule has 0 aromatic carbocycles. The molecule has 1 fully saturated rings. The molecule has 2 rings (SSSR count). The first-order valence-electron chi connectivity index (χ1n) is 6.39. The van der Waals surface area contributed by atoms with E-state index in [-0.39, 0.29) is 18.0 Å². The molecule has 2 heterocycles. The molecular weight excluding hydrogens is 244 g/mol. The van der Waals surface area contributed by atoms with Crippen molar-refractivity contribution in [1.82, 2.24) is 9.88 Å². The maximum atomic E-state index is 8.79. The fourth-order valence-corrected chi connectivity index (χ4v) is 2.50. The van der Waals surface area contributed by atoms with Crippen LogP contribution in [0, 0.1) is 0 Å². The molecule has 0 amide bonds. The highest BCUT2D eigenvalue weighted by Crippen LogP contribution is 2.15. The van der Waals surface area contributed by atoms with Crippen LogP contribution in [0.2, 0.25) is 0 Å². The van der Waals surface area contributed by atoms with Crippen LogP contribution < -0.4 is 5.73 Å². The topological polar surface area (TPSA) is 84.0 Å². The number of morpholine rings is 1.